The van der Waals surface area contributed by atoms with Crippen molar-refractivity contribution in [3.05, 3.63) is 86.4 Å². The second-order valence-corrected chi connectivity index (χ2v) is 7.61. The van der Waals surface area contributed by atoms with Crippen molar-refractivity contribution >= 4 is 46.5 Å². The van der Waals surface area contributed by atoms with Crippen molar-refractivity contribution < 1.29 is 19.4 Å². The van der Waals surface area contributed by atoms with Gasteiger partial charge in [0.1, 0.15) is 6.61 Å². The maximum atomic E-state index is 11.2. The van der Waals surface area contributed by atoms with Crippen LogP contribution in [0.4, 0.5) is 5.69 Å². The first-order valence-electron chi connectivity index (χ1n) is 8.87. The van der Waals surface area contributed by atoms with E-state index in [2.05, 4.69) is 5.32 Å². The van der Waals surface area contributed by atoms with Crippen molar-refractivity contribution in [2.24, 2.45) is 0 Å². The quantitative estimate of drug-likeness (QED) is 0.394. The first-order valence-corrected chi connectivity index (χ1v) is 10.0. The van der Waals surface area contributed by atoms with Gasteiger partial charge in [0.25, 0.3) is 0 Å². The third-order valence-electron chi connectivity index (χ3n) is 4.32. The number of ether oxygens (including phenoxy) is 2. The van der Waals surface area contributed by atoms with Gasteiger partial charge in [-0.3, -0.25) is 0 Å². The zero-order chi connectivity index (χ0) is 21.7. The van der Waals surface area contributed by atoms with Crippen LogP contribution in [0.5, 0.6) is 11.5 Å². The molecule has 156 valence electrons. The van der Waals surface area contributed by atoms with Crippen molar-refractivity contribution in [2.75, 3.05) is 12.4 Å². The van der Waals surface area contributed by atoms with Crippen LogP contribution in [-0.2, 0) is 13.2 Å². The molecule has 8 heteroatoms. The molecule has 5 nitrogen and oxygen atoms in total. The zero-order valence-corrected chi connectivity index (χ0v) is 18.2. The number of hydrogen-bond acceptors (Lipinski definition) is 4. The Balaban J connectivity index is 1.74. The number of carboxylic acids is 1. The Bertz CT molecular complexity index is 1050. The van der Waals surface area contributed by atoms with Gasteiger partial charge in [-0.25, -0.2) is 4.79 Å². The van der Waals surface area contributed by atoms with Gasteiger partial charge in [-0.15, -0.1) is 0 Å². The Labute approximate surface area is 189 Å². The van der Waals surface area contributed by atoms with Crippen molar-refractivity contribution in [3.63, 3.8) is 0 Å². The van der Waals surface area contributed by atoms with E-state index in [4.69, 9.17) is 49.4 Å². The summed E-state index contributed by atoms with van der Waals surface area (Å²) in [6, 6.07) is 15.2. The lowest BCUT2D eigenvalue weighted by Gasteiger charge is -2.15. The molecule has 0 saturated heterocycles. The third kappa shape index (κ3) is 5.51. The summed E-state index contributed by atoms with van der Waals surface area (Å²) in [5, 5.41) is 13.8. The van der Waals surface area contributed by atoms with Crippen molar-refractivity contribution in [1.82, 2.24) is 0 Å². The molecule has 0 aliphatic rings. The lowest BCUT2D eigenvalue weighted by atomic mass is 10.1. The maximum Gasteiger partial charge on any atom is 0.335 e. The molecule has 0 amide bonds. The van der Waals surface area contributed by atoms with E-state index >= 15 is 0 Å². The molecule has 0 atom stereocenters. The molecular weight excluding hydrogens is 449 g/mol. The highest BCUT2D eigenvalue weighted by Gasteiger charge is 2.13. The lowest BCUT2D eigenvalue weighted by molar-refractivity contribution is 0.0697. The average Bonchev–Trinajstić information content (AvgIpc) is 2.73. The maximum absolute atomic E-state index is 11.2. The summed E-state index contributed by atoms with van der Waals surface area (Å²) in [7, 11) is 1.54. The van der Waals surface area contributed by atoms with E-state index < -0.39 is 5.97 Å². The number of aromatic carboxylic acids is 1. The summed E-state index contributed by atoms with van der Waals surface area (Å²) in [6.07, 6.45) is 0. The smallest absolute Gasteiger partial charge is 0.335 e. The summed E-state index contributed by atoms with van der Waals surface area (Å²) >= 11 is 18.5. The van der Waals surface area contributed by atoms with Crippen LogP contribution < -0.4 is 14.8 Å². The van der Waals surface area contributed by atoms with Gasteiger partial charge in [0.15, 0.2) is 11.5 Å². The molecule has 0 bridgehead atoms. The number of anilines is 1. The number of benzene rings is 3. The van der Waals surface area contributed by atoms with Crippen LogP contribution in [0.3, 0.4) is 0 Å². The van der Waals surface area contributed by atoms with E-state index in [-0.39, 0.29) is 5.56 Å². The molecule has 0 aliphatic carbocycles. The molecule has 0 saturated carbocycles. The fraction of sp³-hybridized carbons (Fsp3) is 0.136. The van der Waals surface area contributed by atoms with Crippen LogP contribution in [-0.4, -0.2) is 18.2 Å². The summed E-state index contributed by atoms with van der Waals surface area (Å²) in [5.74, 6) is -0.000684. The van der Waals surface area contributed by atoms with Crippen LogP contribution in [0.15, 0.2) is 54.6 Å². The minimum absolute atomic E-state index is 0.136. The van der Waals surface area contributed by atoms with Gasteiger partial charge < -0.3 is 19.9 Å². The predicted molar refractivity (Wildman–Crippen MR) is 120 cm³/mol. The first-order chi connectivity index (χ1) is 14.4. The SMILES string of the molecule is COc1cc(CNc2cc(C(=O)O)ccc2Cl)c(Cl)cc1OCc1ccc(Cl)cc1. The highest BCUT2D eigenvalue weighted by atomic mass is 35.5. The molecule has 0 aliphatic heterocycles. The normalized spacial score (nSPS) is 10.5. The fourth-order valence-corrected chi connectivity index (χ4v) is 3.24. The Morgan fingerprint density at radius 1 is 0.967 bits per heavy atom. The molecular formula is C22H18Cl3NO4. The number of nitrogens with one attached hydrogen (secondary N) is 1. The molecule has 30 heavy (non-hydrogen) atoms. The van der Waals surface area contributed by atoms with E-state index in [1.807, 2.05) is 12.1 Å². The van der Waals surface area contributed by atoms with E-state index in [1.54, 1.807) is 31.4 Å². The van der Waals surface area contributed by atoms with Gasteiger partial charge >= 0.3 is 5.97 Å². The third-order valence-corrected chi connectivity index (χ3v) is 5.26. The highest BCUT2D eigenvalue weighted by Crippen LogP contribution is 2.35. The number of rotatable bonds is 8. The van der Waals surface area contributed by atoms with Gasteiger partial charge in [0.05, 0.1) is 23.4 Å². The highest BCUT2D eigenvalue weighted by molar-refractivity contribution is 6.33. The topological polar surface area (TPSA) is 67.8 Å². The van der Waals surface area contributed by atoms with Crippen LogP contribution >= 0.6 is 34.8 Å². The number of carbonyl (C=O) groups is 1. The minimum Gasteiger partial charge on any atom is -0.493 e. The second kappa shape index (κ2) is 9.94. The van der Waals surface area contributed by atoms with Crippen LogP contribution in [0.25, 0.3) is 0 Å². The van der Waals surface area contributed by atoms with Gasteiger partial charge in [-0.2, -0.15) is 0 Å². The van der Waals surface area contributed by atoms with E-state index in [0.29, 0.717) is 45.4 Å². The monoisotopic (exact) mass is 465 g/mol. The number of methoxy groups -OCH3 is 1. The Kier molecular flexibility index (Phi) is 7.32. The Hall–Kier alpha value is -2.60. The number of hydrogen-bond donors (Lipinski definition) is 2. The van der Waals surface area contributed by atoms with Crippen LogP contribution in [0, 0.1) is 0 Å². The summed E-state index contributed by atoms with van der Waals surface area (Å²) in [6.45, 7) is 0.647. The summed E-state index contributed by atoms with van der Waals surface area (Å²) in [5.41, 5.74) is 2.33. The van der Waals surface area contributed by atoms with Gasteiger partial charge in [0, 0.05) is 22.7 Å². The van der Waals surface area contributed by atoms with E-state index in [1.165, 1.54) is 18.2 Å². The Morgan fingerprint density at radius 2 is 1.70 bits per heavy atom. The number of halogens is 3. The van der Waals surface area contributed by atoms with Crippen LogP contribution in [0.2, 0.25) is 15.1 Å². The van der Waals surface area contributed by atoms with Gasteiger partial charge in [-0.1, -0.05) is 46.9 Å². The molecule has 3 aromatic rings. The van der Waals surface area contributed by atoms with Crippen molar-refractivity contribution in [3.8, 4) is 11.5 Å². The molecule has 0 fully saturated rings. The van der Waals surface area contributed by atoms with E-state index in [0.717, 1.165) is 11.1 Å². The first kappa shape index (κ1) is 22.1. The molecule has 0 spiro atoms. The average molecular weight is 467 g/mol. The Morgan fingerprint density at radius 3 is 2.37 bits per heavy atom. The molecule has 3 aromatic carbocycles. The molecule has 2 N–H and O–H groups in total. The largest absolute Gasteiger partial charge is 0.493 e. The van der Waals surface area contributed by atoms with Crippen molar-refractivity contribution in [2.45, 2.75) is 13.2 Å². The van der Waals surface area contributed by atoms with Gasteiger partial charge in [0.2, 0.25) is 0 Å². The summed E-state index contributed by atoms with van der Waals surface area (Å²) < 4.78 is 11.3. The molecule has 0 unspecified atom stereocenters. The lowest BCUT2D eigenvalue weighted by Crippen LogP contribution is -2.04. The standard InChI is InChI=1S/C22H18Cl3NO4/c1-29-20-9-15(11-26-19-8-14(22(27)28)4-7-17(19)24)18(25)10-21(20)30-12-13-2-5-16(23)6-3-13/h2-10,26H,11-12H2,1H3,(H,27,28). The molecule has 0 radical (unpaired) electrons. The molecule has 0 heterocycles. The number of carboxylic acid groups (broad SMARTS) is 1. The zero-order valence-electron chi connectivity index (χ0n) is 15.9. The minimum atomic E-state index is -1.03. The van der Waals surface area contributed by atoms with Gasteiger partial charge in [-0.05, 0) is 47.5 Å². The molecule has 0 aromatic heterocycles. The van der Waals surface area contributed by atoms with Crippen molar-refractivity contribution in [1.29, 1.82) is 0 Å². The fourth-order valence-electron chi connectivity index (χ4n) is 2.71. The summed E-state index contributed by atoms with van der Waals surface area (Å²) in [4.78, 5) is 11.2. The second-order valence-electron chi connectivity index (χ2n) is 6.36. The van der Waals surface area contributed by atoms with E-state index in [9.17, 15) is 4.79 Å². The molecule has 3 rings (SSSR count). The van der Waals surface area contributed by atoms with Crippen LogP contribution in [0.1, 0.15) is 21.5 Å². The predicted octanol–water partition coefficient (Wildman–Crippen LogP) is 6.54.